The maximum absolute atomic E-state index is 6.05. The number of pyridine rings is 1. The van der Waals surface area contributed by atoms with Gasteiger partial charge in [-0.05, 0) is 12.1 Å². The summed E-state index contributed by atoms with van der Waals surface area (Å²) in [4.78, 5) is 4.16. The molecule has 84 valence electrons. The highest BCUT2D eigenvalue weighted by Crippen LogP contribution is 2.27. The summed E-state index contributed by atoms with van der Waals surface area (Å²) in [6.45, 7) is 0. The Labute approximate surface area is 102 Å². The van der Waals surface area contributed by atoms with Gasteiger partial charge in [-0.1, -0.05) is 23.2 Å². The van der Waals surface area contributed by atoms with E-state index in [-0.39, 0.29) is 6.04 Å². The fourth-order valence-corrected chi connectivity index (χ4v) is 1.90. The Kier molecular flexibility index (Phi) is 3.46. The number of nitrogens with zero attached hydrogens (tertiary/aromatic N) is 1. The predicted molar refractivity (Wildman–Crippen MR) is 62.1 cm³/mol. The van der Waals surface area contributed by atoms with Gasteiger partial charge in [-0.3, -0.25) is 10.8 Å². The molecule has 4 nitrogen and oxygen atoms in total. The summed E-state index contributed by atoms with van der Waals surface area (Å²) in [5.74, 6) is 5.48. The first kappa shape index (κ1) is 11.4. The van der Waals surface area contributed by atoms with Gasteiger partial charge in [0.1, 0.15) is 0 Å². The van der Waals surface area contributed by atoms with E-state index < -0.39 is 0 Å². The molecule has 1 atom stereocenters. The van der Waals surface area contributed by atoms with Gasteiger partial charge < -0.3 is 4.42 Å². The van der Waals surface area contributed by atoms with Crippen LogP contribution in [0.25, 0.3) is 0 Å². The molecule has 16 heavy (non-hydrogen) atoms. The molecule has 2 aromatic rings. The molecule has 0 amide bonds. The Hall–Kier alpha value is -1.07. The number of hydrogen-bond acceptors (Lipinski definition) is 4. The van der Waals surface area contributed by atoms with Crippen LogP contribution in [0, 0.1) is 0 Å². The number of nitrogens with two attached hydrogens (primary N) is 1. The summed E-state index contributed by atoms with van der Waals surface area (Å²) in [5, 5.41) is 0.938. The molecule has 1 unspecified atom stereocenters. The highest BCUT2D eigenvalue weighted by molar-refractivity contribution is 6.34. The molecule has 6 heteroatoms. The van der Waals surface area contributed by atoms with Crippen LogP contribution in [0.3, 0.4) is 0 Å². The third kappa shape index (κ3) is 2.20. The first-order valence-electron chi connectivity index (χ1n) is 4.51. The van der Waals surface area contributed by atoms with Crippen molar-refractivity contribution in [1.29, 1.82) is 0 Å². The molecule has 0 radical (unpaired) electrons. The average molecular weight is 258 g/mol. The molecule has 0 aliphatic carbocycles. The van der Waals surface area contributed by atoms with Gasteiger partial charge in [-0.2, -0.15) is 0 Å². The minimum absolute atomic E-state index is 0.316. The number of hydrazine groups is 1. The Bertz CT molecular complexity index is 473. The highest BCUT2D eigenvalue weighted by Gasteiger charge is 2.18. The molecule has 3 N–H and O–H groups in total. The van der Waals surface area contributed by atoms with Crippen molar-refractivity contribution in [3.63, 3.8) is 0 Å². The highest BCUT2D eigenvalue weighted by atomic mass is 35.5. The summed E-state index contributed by atoms with van der Waals surface area (Å²) in [6.07, 6.45) is 4.66. The SMILES string of the molecule is NNC(c1ccoc1)c1ncc(Cl)cc1Cl. The second-order valence-corrected chi connectivity index (χ2v) is 4.02. The maximum atomic E-state index is 6.05. The largest absolute Gasteiger partial charge is 0.472 e. The van der Waals surface area contributed by atoms with E-state index in [4.69, 9.17) is 33.5 Å². The lowest BCUT2D eigenvalue weighted by Gasteiger charge is -2.14. The number of furan rings is 1. The monoisotopic (exact) mass is 257 g/mol. The van der Waals surface area contributed by atoms with Crippen molar-refractivity contribution < 1.29 is 4.42 Å². The Morgan fingerprint density at radius 1 is 1.44 bits per heavy atom. The van der Waals surface area contributed by atoms with Crippen LogP contribution in [-0.2, 0) is 0 Å². The van der Waals surface area contributed by atoms with Gasteiger partial charge in [-0.15, -0.1) is 0 Å². The van der Waals surface area contributed by atoms with Crippen molar-refractivity contribution >= 4 is 23.2 Å². The Balaban J connectivity index is 2.41. The van der Waals surface area contributed by atoms with Crippen molar-refractivity contribution in [2.75, 3.05) is 0 Å². The fourth-order valence-electron chi connectivity index (χ4n) is 1.41. The first-order chi connectivity index (χ1) is 7.72. The van der Waals surface area contributed by atoms with Gasteiger partial charge in [0, 0.05) is 11.8 Å². The minimum atomic E-state index is -0.316. The standard InChI is InChI=1S/C10H9Cl2N3O/c11-7-3-8(12)10(14-4-7)9(15-13)6-1-2-16-5-6/h1-5,9,15H,13H2. The molecule has 2 rings (SSSR count). The Morgan fingerprint density at radius 2 is 2.25 bits per heavy atom. The summed E-state index contributed by atoms with van der Waals surface area (Å²) >= 11 is 11.8. The summed E-state index contributed by atoms with van der Waals surface area (Å²) < 4.78 is 4.99. The van der Waals surface area contributed by atoms with Gasteiger partial charge in [0.2, 0.25) is 0 Å². The van der Waals surface area contributed by atoms with E-state index in [2.05, 4.69) is 10.4 Å². The van der Waals surface area contributed by atoms with Crippen LogP contribution in [0.1, 0.15) is 17.3 Å². The molecule has 0 aromatic carbocycles. The van der Waals surface area contributed by atoms with Gasteiger partial charge in [0.15, 0.2) is 0 Å². The topological polar surface area (TPSA) is 64.1 Å². The number of aromatic nitrogens is 1. The molecular formula is C10H9Cl2N3O. The first-order valence-corrected chi connectivity index (χ1v) is 5.27. The second-order valence-electron chi connectivity index (χ2n) is 3.18. The minimum Gasteiger partial charge on any atom is -0.472 e. The van der Waals surface area contributed by atoms with Crippen LogP contribution in [0.4, 0.5) is 0 Å². The summed E-state index contributed by atoms with van der Waals surface area (Å²) in [5.41, 5.74) is 4.08. The molecule has 0 aliphatic rings. The number of halogens is 2. The number of rotatable bonds is 3. The van der Waals surface area contributed by atoms with Gasteiger partial charge >= 0.3 is 0 Å². The zero-order valence-electron chi connectivity index (χ0n) is 8.15. The lowest BCUT2D eigenvalue weighted by Crippen LogP contribution is -2.29. The van der Waals surface area contributed by atoms with Crippen molar-refractivity contribution in [2.45, 2.75) is 6.04 Å². The number of hydrogen-bond donors (Lipinski definition) is 2. The van der Waals surface area contributed by atoms with Crippen molar-refractivity contribution in [2.24, 2.45) is 5.84 Å². The van der Waals surface area contributed by atoms with E-state index in [1.807, 2.05) is 0 Å². The fraction of sp³-hybridized carbons (Fsp3) is 0.100. The molecule has 2 heterocycles. The molecule has 0 fully saturated rings. The molecule has 0 aliphatic heterocycles. The van der Waals surface area contributed by atoms with E-state index in [0.29, 0.717) is 15.7 Å². The van der Waals surface area contributed by atoms with Crippen molar-refractivity contribution in [3.05, 3.63) is 52.2 Å². The third-order valence-corrected chi connectivity index (χ3v) is 2.66. The number of nitrogens with one attached hydrogen (secondary N) is 1. The van der Waals surface area contributed by atoms with Crippen LogP contribution >= 0.6 is 23.2 Å². The average Bonchev–Trinajstić information content (AvgIpc) is 2.75. The van der Waals surface area contributed by atoms with Crippen LogP contribution in [0.5, 0.6) is 0 Å². The van der Waals surface area contributed by atoms with Gasteiger partial charge in [-0.25, -0.2) is 5.43 Å². The molecule has 0 spiro atoms. The van der Waals surface area contributed by atoms with Crippen LogP contribution in [-0.4, -0.2) is 4.98 Å². The van der Waals surface area contributed by atoms with Crippen LogP contribution < -0.4 is 11.3 Å². The third-order valence-electron chi connectivity index (χ3n) is 2.15. The van der Waals surface area contributed by atoms with E-state index in [0.717, 1.165) is 5.56 Å². The smallest absolute Gasteiger partial charge is 0.0954 e. The zero-order valence-corrected chi connectivity index (χ0v) is 9.66. The molecular weight excluding hydrogens is 249 g/mol. The second kappa shape index (κ2) is 4.84. The lowest BCUT2D eigenvalue weighted by atomic mass is 10.1. The molecule has 0 bridgehead atoms. The van der Waals surface area contributed by atoms with E-state index in [9.17, 15) is 0 Å². The summed E-state index contributed by atoms with van der Waals surface area (Å²) in [6, 6.07) is 3.09. The predicted octanol–water partition coefficient (Wildman–Crippen LogP) is 2.53. The van der Waals surface area contributed by atoms with E-state index in [1.54, 1.807) is 24.7 Å². The van der Waals surface area contributed by atoms with Crippen LogP contribution in [0.2, 0.25) is 10.0 Å². The van der Waals surface area contributed by atoms with Gasteiger partial charge in [0.05, 0.1) is 34.3 Å². The molecule has 0 saturated carbocycles. The zero-order chi connectivity index (χ0) is 11.5. The van der Waals surface area contributed by atoms with Gasteiger partial charge in [0.25, 0.3) is 0 Å². The maximum Gasteiger partial charge on any atom is 0.0954 e. The van der Waals surface area contributed by atoms with E-state index in [1.165, 1.54) is 6.20 Å². The Morgan fingerprint density at radius 3 is 2.81 bits per heavy atom. The summed E-state index contributed by atoms with van der Waals surface area (Å²) in [7, 11) is 0. The van der Waals surface area contributed by atoms with Crippen molar-refractivity contribution in [3.8, 4) is 0 Å². The normalized spacial score (nSPS) is 12.7. The van der Waals surface area contributed by atoms with Crippen LogP contribution in [0.15, 0.2) is 35.3 Å². The quantitative estimate of drug-likeness (QED) is 0.655. The molecule has 2 aromatic heterocycles. The molecule has 0 saturated heterocycles. The van der Waals surface area contributed by atoms with Crippen molar-refractivity contribution in [1.82, 2.24) is 10.4 Å². The lowest BCUT2D eigenvalue weighted by molar-refractivity contribution is 0.551. The van der Waals surface area contributed by atoms with E-state index >= 15 is 0 Å².